The highest BCUT2D eigenvalue weighted by Gasteiger charge is 2.68. The van der Waals surface area contributed by atoms with E-state index in [-0.39, 0.29) is 24.8 Å². The second-order valence-electron chi connectivity index (χ2n) is 6.73. The summed E-state index contributed by atoms with van der Waals surface area (Å²) in [6.07, 6.45) is 2.67. The fraction of sp³-hybridized carbons (Fsp3) is 1.00. The van der Waals surface area contributed by atoms with Crippen molar-refractivity contribution in [1.82, 2.24) is 4.84 Å². The molecule has 0 aromatic carbocycles. The molecule has 3 aliphatic carbocycles. The number of hydrogen-bond donors (Lipinski definition) is 1. The van der Waals surface area contributed by atoms with Crippen molar-refractivity contribution in [2.75, 3.05) is 0 Å². The molecule has 3 nitrogen and oxygen atoms in total. The summed E-state index contributed by atoms with van der Waals surface area (Å²) in [6.45, 7) is 8.95. The van der Waals surface area contributed by atoms with Gasteiger partial charge >= 0.3 is 7.12 Å². The van der Waals surface area contributed by atoms with Crippen LogP contribution in [0.1, 0.15) is 40.5 Å². The summed E-state index contributed by atoms with van der Waals surface area (Å²) in [5.74, 6) is 1.44. The molecule has 0 aromatic rings. The van der Waals surface area contributed by atoms with Crippen LogP contribution in [0.25, 0.3) is 0 Å². The summed E-state index contributed by atoms with van der Waals surface area (Å²) >= 11 is 5.67. The molecule has 5 heteroatoms. The second-order valence-corrected chi connectivity index (χ2v) is 6.95. The van der Waals surface area contributed by atoms with Crippen molar-refractivity contribution in [3.05, 3.63) is 0 Å². The highest BCUT2D eigenvalue weighted by Crippen LogP contribution is 2.65. The van der Waals surface area contributed by atoms with Gasteiger partial charge in [-0.15, -0.1) is 0 Å². The first-order valence-corrected chi connectivity index (χ1v) is 6.97. The van der Waals surface area contributed by atoms with Gasteiger partial charge in [0.15, 0.2) is 0 Å². The Morgan fingerprint density at radius 1 is 1.35 bits per heavy atom. The summed E-state index contributed by atoms with van der Waals surface area (Å²) < 4.78 is 12.3. The van der Waals surface area contributed by atoms with Gasteiger partial charge in [-0.2, -0.15) is 0 Å². The van der Waals surface area contributed by atoms with E-state index in [2.05, 4.69) is 25.6 Å². The first-order chi connectivity index (χ1) is 7.89. The summed E-state index contributed by atoms with van der Waals surface area (Å²) in [6, 6.07) is 0. The lowest BCUT2D eigenvalue weighted by molar-refractivity contribution is -0.199. The number of nitrogens with one attached hydrogen (secondary N) is 1. The third kappa shape index (κ3) is 1.47. The van der Waals surface area contributed by atoms with Gasteiger partial charge in [-0.25, -0.2) is 4.84 Å². The van der Waals surface area contributed by atoms with E-state index in [1.54, 1.807) is 0 Å². The standard InChI is InChI=1S/C12H21BClNO2/c1-7(15-14)13-16-10-6-8-5-9(11(8,2)3)12(10,4)17-13/h7-10,15H,5-6H2,1-4H3/t7-,8?,9?,10?,12-/m0/s1. The van der Waals surface area contributed by atoms with Crippen LogP contribution in [-0.4, -0.2) is 24.8 Å². The van der Waals surface area contributed by atoms with Gasteiger partial charge in [0.25, 0.3) is 0 Å². The van der Waals surface area contributed by atoms with E-state index in [0.717, 1.165) is 12.3 Å². The monoisotopic (exact) mass is 257 g/mol. The van der Waals surface area contributed by atoms with Crippen molar-refractivity contribution in [2.24, 2.45) is 17.3 Å². The van der Waals surface area contributed by atoms with Crippen LogP contribution in [0.5, 0.6) is 0 Å². The molecule has 1 aliphatic heterocycles. The number of hydrogen-bond acceptors (Lipinski definition) is 3. The van der Waals surface area contributed by atoms with Crippen LogP contribution >= 0.6 is 11.8 Å². The topological polar surface area (TPSA) is 30.5 Å². The molecule has 1 saturated heterocycles. The molecule has 0 radical (unpaired) electrons. The van der Waals surface area contributed by atoms with E-state index in [0.29, 0.717) is 11.3 Å². The summed E-state index contributed by atoms with van der Waals surface area (Å²) in [5.41, 5.74) is 0.284. The van der Waals surface area contributed by atoms with Crippen LogP contribution < -0.4 is 4.84 Å². The maximum absolute atomic E-state index is 6.22. The summed E-state index contributed by atoms with van der Waals surface area (Å²) in [4.78, 5) is 2.71. The molecule has 3 unspecified atom stereocenters. The zero-order chi connectivity index (χ0) is 12.4. The molecule has 2 bridgehead atoms. The lowest BCUT2D eigenvalue weighted by Gasteiger charge is -2.64. The lowest BCUT2D eigenvalue weighted by atomic mass is 9.43. The number of halogens is 1. The van der Waals surface area contributed by atoms with Crippen LogP contribution in [0.3, 0.4) is 0 Å². The third-order valence-electron chi connectivity index (χ3n) is 5.55. The molecule has 17 heavy (non-hydrogen) atoms. The van der Waals surface area contributed by atoms with Crippen molar-refractivity contribution in [1.29, 1.82) is 0 Å². The van der Waals surface area contributed by atoms with Crippen molar-refractivity contribution in [3.63, 3.8) is 0 Å². The molecular weight excluding hydrogens is 236 g/mol. The second kappa shape index (κ2) is 3.63. The third-order valence-corrected chi connectivity index (χ3v) is 5.89. The summed E-state index contributed by atoms with van der Waals surface area (Å²) in [7, 11) is -0.211. The Bertz CT molecular complexity index is 340. The Morgan fingerprint density at radius 3 is 2.65 bits per heavy atom. The molecule has 4 fully saturated rings. The lowest BCUT2D eigenvalue weighted by Crippen LogP contribution is -2.65. The van der Waals surface area contributed by atoms with Crippen molar-refractivity contribution in [3.8, 4) is 0 Å². The molecule has 1 N–H and O–H groups in total. The molecule has 0 spiro atoms. The minimum absolute atomic E-state index is 0.0272. The zero-order valence-electron chi connectivity index (χ0n) is 11.0. The molecule has 1 heterocycles. The first kappa shape index (κ1) is 12.3. The van der Waals surface area contributed by atoms with Gasteiger partial charge in [0.2, 0.25) is 0 Å². The van der Waals surface area contributed by atoms with Crippen LogP contribution in [0.4, 0.5) is 0 Å². The largest absolute Gasteiger partial charge is 0.476 e. The average molecular weight is 258 g/mol. The van der Waals surface area contributed by atoms with Gasteiger partial charge in [0.1, 0.15) is 0 Å². The Hall–Kier alpha value is 0.235. The molecule has 0 amide bonds. The van der Waals surface area contributed by atoms with Gasteiger partial charge in [0, 0.05) is 0 Å². The summed E-state index contributed by atoms with van der Waals surface area (Å²) in [5, 5.41) is 0. The van der Waals surface area contributed by atoms with Crippen LogP contribution in [0, 0.1) is 17.3 Å². The van der Waals surface area contributed by atoms with Gasteiger partial charge in [0.05, 0.1) is 17.6 Å². The Morgan fingerprint density at radius 2 is 2.06 bits per heavy atom. The van der Waals surface area contributed by atoms with Gasteiger partial charge < -0.3 is 9.31 Å². The Labute approximate surface area is 109 Å². The van der Waals surface area contributed by atoms with Gasteiger partial charge in [-0.1, -0.05) is 20.8 Å². The normalized spacial score (nSPS) is 48.5. The van der Waals surface area contributed by atoms with E-state index in [4.69, 9.17) is 21.1 Å². The highest BCUT2D eigenvalue weighted by molar-refractivity contribution is 6.48. The molecule has 3 saturated carbocycles. The smallest absolute Gasteiger partial charge is 0.404 e. The average Bonchev–Trinajstić information content (AvgIpc) is 2.64. The van der Waals surface area contributed by atoms with Crippen molar-refractivity contribution < 1.29 is 9.31 Å². The fourth-order valence-corrected chi connectivity index (χ4v) is 4.27. The molecule has 4 rings (SSSR count). The molecule has 96 valence electrons. The quantitative estimate of drug-likeness (QED) is 0.609. The van der Waals surface area contributed by atoms with Crippen molar-refractivity contribution in [2.45, 2.75) is 58.2 Å². The predicted molar refractivity (Wildman–Crippen MR) is 68.6 cm³/mol. The van der Waals surface area contributed by atoms with E-state index in [1.807, 2.05) is 6.92 Å². The van der Waals surface area contributed by atoms with Crippen LogP contribution in [-0.2, 0) is 9.31 Å². The SMILES string of the molecule is C[C@H](NCl)B1OC2CC3CC(C3(C)C)[C@]2(C)O1. The molecular formula is C12H21BClNO2. The van der Waals surface area contributed by atoms with Crippen LogP contribution in [0.15, 0.2) is 0 Å². The highest BCUT2D eigenvalue weighted by atomic mass is 35.5. The minimum atomic E-state index is -0.211. The first-order valence-electron chi connectivity index (χ1n) is 6.59. The Kier molecular flexibility index (Phi) is 2.62. The predicted octanol–water partition coefficient (Wildman–Crippen LogP) is 2.39. The molecule has 5 atom stereocenters. The van der Waals surface area contributed by atoms with Crippen LogP contribution in [0.2, 0.25) is 0 Å². The maximum Gasteiger partial charge on any atom is 0.476 e. The van der Waals surface area contributed by atoms with E-state index in [9.17, 15) is 0 Å². The van der Waals surface area contributed by atoms with E-state index in [1.165, 1.54) is 6.42 Å². The zero-order valence-corrected chi connectivity index (χ0v) is 11.8. The minimum Gasteiger partial charge on any atom is -0.404 e. The fourth-order valence-electron chi connectivity index (χ4n) is 4.17. The van der Waals surface area contributed by atoms with Gasteiger partial charge in [-0.3, -0.25) is 0 Å². The van der Waals surface area contributed by atoms with Crippen molar-refractivity contribution >= 4 is 18.9 Å². The van der Waals surface area contributed by atoms with E-state index < -0.39 is 0 Å². The molecule has 4 aliphatic rings. The maximum atomic E-state index is 6.22. The Balaban J connectivity index is 1.82. The van der Waals surface area contributed by atoms with Gasteiger partial charge in [-0.05, 0) is 48.8 Å². The number of rotatable bonds is 2. The molecule has 0 aromatic heterocycles. The van der Waals surface area contributed by atoms with E-state index >= 15 is 0 Å².